The molecule has 2 aromatic heterocycles. The zero-order chi connectivity index (χ0) is 16.1. The summed E-state index contributed by atoms with van der Waals surface area (Å²) < 4.78 is 0. The van der Waals surface area contributed by atoms with Crippen LogP contribution < -0.4 is 10.6 Å². The van der Waals surface area contributed by atoms with Crippen molar-refractivity contribution in [3.05, 3.63) is 16.5 Å². The van der Waals surface area contributed by atoms with Crippen molar-refractivity contribution in [2.45, 2.75) is 32.6 Å². The number of nitrogen functional groups attached to an aromatic ring is 1. The fourth-order valence-corrected chi connectivity index (χ4v) is 4.86. The number of carbonyl (C=O) groups is 1. The van der Waals surface area contributed by atoms with Crippen LogP contribution in [0.3, 0.4) is 0 Å². The third-order valence-electron chi connectivity index (χ3n) is 5.21. The number of thiophene rings is 1. The number of anilines is 2. The van der Waals surface area contributed by atoms with Crippen molar-refractivity contribution in [3.8, 4) is 0 Å². The lowest BCUT2D eigenvalue weighted by Gasteiger charge is -2.41. The molecule has 0 aliphatic carbocycles. The number of nitrogens with two attached hydrogens (primary N) is 1. The van der Waals surface area contributed by atoms with E-state index in [9.17, 15) is 4.79 Å². The lowest BCUT2D eigenvalue weighted by molar-refractivity contribution is 0.0779. The topological polar surface area (TPSA) is 62.5 Å². The van der Waals surface area contributed by atoms with Gasteiger partial charge in [-0.3, -0.25) is 4.79 Å². The van der Waals surface area contributed by atoms with Crippen LogP contribution in [0, 0.1) is 0 Å². The van der Waals surface area contributed by atoms with Gasteiger partial charge in [0, 0.05) is 31.6 Å². The largest absolute Gasteiger partial charge is 0.397 e. The monoisotopic (exact) mass is 330 g/mol. The Kier molecular flexibility index (Phi) is 3.44. The fraction of sp³-hybridized carbons (Fsp3) is 0.529. The maximum absolute atomic E-state index is 12.7. The van der Waals surface area contributed by atoms with E-state index in [0.717, 1.165) is 29.1 Å². The molecular weight excluding hydrogens is 308 g/mol. The van der Waals surface area contributed by atoms with Crippen LogP contribution in [0.25, 0.3) is 10.2 Å². The molecule has 0 unspecified atom stereocenters. The first-order chi connectivity index (χ1) is 11.1. The van der Waals surface area contributed by atoms with Crippen LogP contribution in [0.15, 0.2) is 6.07 Å². The molecule has 122 valence electrons. The third kappa shape index (κ3) is 2.11. The number of hydrogen-bond donors (Lipinski definition) is 1. The van der Waals surface area contributed by atoms with Crippen molar-refractivity contribution in [3.63, 3.8) is 0 Å². The Morgan fingerprint density at radius 1 is 1.39 bits per heavy atom. The molecule has 1 amide bonds. The van der Waals surface area contributed by atoms with E-state index in [1.807, 2.05) is 18.7 Å². The highest BCUT2D eigenvalue weighted by Gasteiger charge is 2.33. The van der Waals surface area contributed by atoms with E-state index in [1.54, 1.807) is 0 Å². The van der Waals surface area contributed by atoms with Gasteiger partial charge in [-0.05, 0) is 44.2 Å². The van der Waals surface area contributed by atoms with Gasteiger partial charge in [0.1, 0.15) is 15.5 Å². The van der Waals surface area contributed by atoms with Crippen LogP contribution in [0.1, 0.15) is 47.8 Å². The molecule has 0 aromatic carbocycles. The van der Waals surface area contributed by atoms with Gasteiger partial charge >= 0.3 is 0 Å². The van der Waals surface area contributed by atoms with Crippen LogP contribution in [-0.2, 0) is 0 Å². The molecule has 0 saturated carbocycles. The normalized spacial score (nSPS) is 16.9. The van der Waals surface area contributed by atoms with E-state index < -0.39 is 0 Å². The van der Waals surface area contributed by atoms with Gasteiger partial charge in [-0.25, -0.2) is 4.98 Å². The summed E-state index contributed by atoms with van der Waals surface area (Å²) in [7, 11) is 0. The van der Waals surface area contributed by atoms with Crippen LogP contribution in [0.5, 0.6) is 0 Å². The first kappa shape index (κ1) is 14.8. The molecule has 3 aliphatic heterocycles. The molecule has 2 bridgehead atoms. The third-order valence-corrected chi connectivity index (χ3v) is 6.31. The van der Waals surface area contributed by atoms with Gasteiger partial charge in [0.2, 0.25) is 0 Å². The van der Waals surface area contributed by atoms with E-state index in [1.165, 1.54) is 29.7 Å². The van der Waals surface area contributed by atoms with Crippen molar-refractivity contribution in [1.29, 1.82) is 0 Å². The van der Waals surface area contributed by atoms with Gasteiger partial charge in [-0.2, -0.15) is 0 Å². The molecule has 2 N–H and O–H groups in total. The molecule has 23 heavy (non-hydrogen) atoms. The summed E-state index contributed by atoms with van der Waals surface area (Å²) in [5.74, 6) is 1.74. The van der Waals surface area contributed by atoms with Crippen LogP contribution in [0.2, 0.25) is 0 Å². The van der Waals surface area contributed by atoms with Crippen molar-refractivity contribution in [2.75, 3.05) is 36.8 Å². The average molecular weight is 330 g/mol. The van der Waals surface area contributed by atoms with Crippen molar-refractivity contribution in [1.82, 2.24) is 9.88 Å². The number of nitrogens with zero attached hydrogens (tertiary/aromatic N) is 3. The minimum absolute atomic E-state index is 0.0248. The zero-order valence-electron chi connectivity index (χ0n) is 13.6. The number of amides is 1. The number of carbonyl (C=O) groups excluding carboxylic acids is 1. The van der Waals surface area contributed by atoms with Crippen molar-refractivity contribution < 1.29 is 4.79 Å². The molecule has 1 saturated heterocycles. The van der Waals surface area contributed by atoms with Gasteiger partial charge in [-0.15, -0.1) is 11.3 Å². The molecule has 5 heterocycles. The maximum Gasteiger partial charge on any atom is 0.266 e. The summed E-state index contributed by atoms with van der Waals surface area (Å²) in [5, 5.41) is 0.956. The molecule has 0 radical (unpaired) electrons. The number of hydrogen-bond acceptors (Lipinski definition) is 5. The Hall–Kier alpha value is -1.82. The highest BCUT2D eigenvalue weighted by molar-refractivity contribution is 7.21. The summed E-state index contributed by atoms with van der Waals surface area (Å²) in [6, 6.07) is 2.19. The molecule has 5 rings (SSSR count). The molecule has 5 nitrogen and oxygen atoms in total. The number of aromatic nitrogens is 1. The number of rotatable bonds is 3. The highest BCUT2D eigenvalue weighted by atomic mass is 32.1. The Balaban J connectivity index is 1.84. The minimum atomic E-state index is 0.0248. The van der Waals surface area contributed by atoms with Crippen LogP contribution in [0.4, 0.5) is 11.5 Å². The number of piperidine rings is 1. The smallest absolute Gasteiger partial charge is 0.266 e. The number of pyridine rings is 1. The lowest BCUT2D eigenvalue weighted by atomic mass is 9.84. The summed E-state index contributed by atoms with van der Waals surface area (Å²) in [6.07, 6.45) is 2.41. The maximum atomic E-state index is 12.7. The number of fused-ring (bicyclic) bond motifs is 3. The average Bonchev–Trinajstić information content (AvgIpc) is 2.92. The molecule has 3 aliphatic rings. The van der Waals surface area contributed by atoms with E-state index in [2.05, 4.69) is 11.0 Å². The predicted molar refractivity (Wildman–Crippen MR) is 95.5 cm³/mol. The van der Waals surface area contributed by atoms with Gasteiger partial charge in [0.25, 0.3) is 5.91 Å². The Labute approximate surface area is 140 Å². The quantitative estimate of drug-likeness (QED) is 0.939. The zero-order valence-corrected chi connectivity index (χ0v) is 14.4. The van der Waals surface area contributed by atoms with E-state index >= 15 is 0 Å². The summed E-state index contributed by atoms with van der Waals surface area (Å²) in [6.45, 7) is 7.58. The highest BCUT2D eigenvalue weighted by Crippen LogP contribution is 2.45. The molecular formula is C17H22N4OS. The molecule has 1 fully saturated rings. The first-order valence-corrected chi connectivity index (χ1v) is 9.22. The molecule has 2 aromatic rings. The Morgan fingerprint density at radius 3 is 2.74 bits per heavy atom. The Bertz CT molecular complexity index is 772. The van der Waals surface area contributed by atoms with Gasteiger partial charge in [-0.1, -0.05) is 0 Å². The van der Waals surface area contributed by atoms with E-state index in [0.29, 0.717) is 29.6 Å². The van der Waals surface area contributed by atoms with Gasteiger partial charge in [0.15, 0.2) is 0 Å². The second kappa shape index (κ2) is 5.37. The van der Waals surface area contributed by atoms with Crippen molar-refractivity contribution in [2.24, 2.45) is 0 Å². The Morgan fingerprint density at radius 2 is 2.09 bits per heavy atom. The van der Waals surface area contributed by atoms with Crippen molar-refractivity contribution >= 4 is 39.0 Å². The van der Waals surface area contributed by atoms with Crippen LogP contribution >= 0.6 is 11.3 Å². The summed E-state index contributed by atoms with van der Waals surface area (Å²) >= 11 is 1.44. The molecule has 0 spiro atoms. The van der Waals surface area contributed by atoms with Gasteiger partial charge in [0.05, 0.1) is 5.69 Å². The molecule has 6 heteroatoms. The summed E-state index contributed by atoms with van der Waals surface area (Å²) in [5.41, 5.74) is 8.25. The van der Waals surface area contributed by atoms with Gasteiger partial charge < -0.3 is 15.5 Å². The van der Waals surface area contributed by atoms with E-state index in [-0.39, 0.29) is 5.91 Å². The fourth-order valence-electron chi connectivity index (χ4n) is 3.82. The standard InChI is InChI=1S/C17H22N4OS/c1-3-20(4-2)17(22)14-13(18)12-9-11-10-5-7-21(8-6-10)15(11)19-16(12)23-14/h9-10H,3-8,18H2,1-2H3. The predicted octanol–water partition coefficient (Wildman–Crippen LogP) is 3.06. The first-order valence-electron chi connectivity index (χ1n) is 8.41. The second-order valence-electron chi connectivity index (χ2n) is 6.34. The minimum Gasteiger partial charge on any atom is -0.397 e. The molecule has 0 atom stereocenters. The van der Waals surface area contributed by atoms with E-state index in [4.69, 9.17) is 10.7 Å². The second-order valence-corrected chi connectivity index (χ2v) is 7.34. The SMILES string of the molecule is CCN(CC)C(=O)c1sc2nc3c(cc2c1N)C1CCN3CC1. The van der Waals surface area contributed by atoms with Crippen LogP contribution in [-0.4, -0.2) is 42.0 Å². The summed E-state index contributed by atoms with van der Waals surface area (Å²) in [4.78, 5) is 23.3. The lowest BCUT2D eigenvalue weighted by Crippen LogP contribution is -2.39.